The summed E-state index contributed by atoms with van der Waals surface area (Å²) >= 11 is 0. The molecule has 2 aromatic rings. The first-order valence-electron chi connectivity index (χ1n) is 10.1. The fraction of sp³-hybridized carbons (Fsp3) is 0.381. The van der Waals surface area contributed by atoms with Crippen molar-refractivity contribution in [2.45, 2.75) is 29.8 Å². The molecule has 0 unspecified atom stereocenters. The SMILES string of the molecule is O=C(Cc1ccc(C(F)(F)F)cc1)N1CCN(S(=O)(=O)c2cc(C(F)(F)F)cc(C(F)(F)F)c2)CC1. The summed E-state index contributed by atoms with van der Waals surface area (Å²) in [7, 11) is -4.77. The highest BCUT2D eigenvalue weighted by atomic mass is 32.2. The second-order valence-electron chi connectivity index (χ2n) is 7.90. The van der Waals surface area contributed by atoms with Gasteiger partial charge in [-0.1, -0.05) is 12.1 Å². The minimum absolute atomic E-state index is 0.118. The van der Waals surface area contributed by atoms with E-state index in [9.17, 15) is 52.7 Å². The monoisotopic (exact) mass is 548 g/mol. The molecule has 1 saturated heterocycles. The molecule has 1 fully saturated rings. The van der Waals surface area contributed by atoms with Crippen LogP contribution in [0, 0.1) is 0 Å². The van der Waals surface area contributed by atoms with Crippen LogP contribution in [-0.2, 0) is 39.8 Å². The molecule has 0 saturated carbocycles. The maximum absolute atomic E-state index is 13.1. The van der Waals surface area contributed by atoms with Gasteiger partial charge in [-0.3, -0.25) is 4.79 Å². The van der Waals surface area contributed by atoms with E-state index in [1.807, 2.05) is 0 Å². The number of carbonyl (C=O) groups excluding carboxylic acids is 1. The van der Waals surface area contributed by atoms with Crippen molar-refractivity contribution in [3.63, 3.8) is 0 Å². The van der Waals surface area contributed by atoms with Crippen molar-refractivity contribution in [3.8, 4) is 0 Å². The van der Waals surface area contributed by atoms with Gasteiger partial charge in [0.25, 0.3) is 0 Å². The lowest BCUT2D eigenvalue weighted by Gasteiger charge is -2.34. The van der Waals surface area contributed by atoms with Gasteiger partial charge in [0.1, 0.15) is 0 Å². The number of rotatable bonds is 4. The molecule has 5 nitrogen and oxygen atoms in total. The van der Waals surface area contributed by atoms with Gasteiger partial charge in [-0.15, -0.1) is 0 Å². The van der Waals surface area contributed by atoms with Gasteiger partial charge < -0.3 is 4.90 Å². The molecular weight excluding hydrogens is 531 g/mol. The number of hydrogen-bond donors (Lipinski definition) is 0. The Labute approximate surface area is 199 Å². The summed E-state index contributed by atoms with van der Waals surface area (Å²) in [5.41, 5.74) is -4.19. The highest BCUT2D eigenvalue weighted by molar-refractivity contribution is 7.89. The maximum Gasteiger partial charge on any atom is 0.416 e. The molecule has 0 spiro atoms. The third-order valence-corrected chi connectivity index (χ3v) is 7.30. The summed E-state index contributed by atoms with van der Waals surface area (Å²) in [4.78, 5) is 12.5. The lowest BCUT2D eigenvalue weighted by atomic mass is 10.1. The van der Waals surface area contributed by atoms with Crippen LogP contribution in [0.15, 0.2) is 47.4 Å². The van der Waals surface area contributed by atoms with E-state index in [2.05, 4.69) is 0 Å². The molecule has 0 aromatic heterocycles. The summed E-state index contributed by atoms with van der Waals surface area (Å²) in [5, 5.41) is 0. The van der Waals surface area contributed by atoms with E-state index in [0.29, 0.717) is 4.31 Å². The Hall–Kier alpha value is -2.81. The Morgan fingerprint density at radius 3 is 1.56 bits per heavy atom. The van der Waals surface area contributed by atoms with Crippen LogP contribution >= 0.6 is 0 Å². The third kappa shape index (κ3) is 6.30. The number of hydrogen-bond acceptors (Lipinski definition) is 3. The topological polar surface area (TPSA) is 57.7 Å². The van der Waals surface area contributed by atoms with Crippen LogP contribution in [0.25, 0.3) is 0 Å². The molecule has 15 heteroatoms. The zero-order chi connectivity index (χ0) is 27.1. The van der Waals surface area contributed by atoms with Crippen LogP contribution in [0.5, 0.6) is 0 Å². The normalized spacial score (nSPS) is 16.3. The molecule has 1 aliphatic rings. The van der Waals surface area contributed by atoms with Gasteiger partial charge in [-0.25, -0.2) is 8.42 Å². The number of alkyl halides is 9. The van der Waals surface area contributed by atoms with Crippen LogP contribution in [0.2, 0.25) is 0 Å². The molecule has 1 aliphatic heterocycles. The largest absolute Gasteiger partial charge is 0.416 e. The zero-order valence-electron chi connectivity index (χ0n) is 18.0. The van der Waals surface area contributed by atoms with Crippen LogP contribution in [0.1, 0.15) is 22.3 Å². The van der Waals surface area contributed by atoms with Crippen molar-refractivity contribution >= 4 is 15.9 Å². The molecule has 198 valence electrons. The van der Waals surface area contributed by atoms with Crippen molar-refractivity contribution in [3.05, 3.63) is 64.7 Å². The number of piperazine rings is 1. The smallest absolute Gasteiger partial charge is 0.340 e. The number of amides is 1. The average molecular weight is 548 g/mol. The molecule has 0 atom stereocenters. The Morgan fingerprint density at radius 2 is 1.14 bits per heavy atom. The fourth-order valence-electron chi connectivity index (χ4n) is 3.50. The molecule has 1 heterocycles. The first kappa shape index (κ1) is 27.8. The minimum Gasteiger partial charge on any atom is -0.340 e. The number of carbonyl (C=O) groups is 1. The van der Waals surface area contributed by atoms with Gasteiger partial charge in [-0.2, -0.15) is 43.8 Å². The zero-order valence-corrected chi connectivity index (χ0v) is 18.8. The van der Waals surface area contributed by atoms with Crippen molar-refractivity contribution in [2.24, 2.45) is 0 Å². The van der Waals surface area contributed by atoms with Crippen molar-refractivity contribution < 1.29 is 52.7 Å². The Kier molecular flexibility index (Phi) is 7.39. The Bertz CT molecular complexity index is 1180. The second-order valence-corrected chi connectivity index (χ2v) is 9.84. The van der Waals surface area contributed by atoms with Crippen molar-refractivity contribution in [1.82, 2.24) is 9.21 Å². The Morgan fingerprint density at radius 1 is 0.694 bits per heavy atom. The summed E-state index contributed by atoms with van der Waals surface area (Å²) in [5.74, 6) is -0.537. The van der Waals surface area contributed by atoms with Gasteiger partial charge in [0.15, 0.2) is 0 Å². The number of halogens is 9. The molecule has 3 rings (SSSR count). The minimum atomic E-state index is -5.23. The maximum atomic E-state index is 13.1. The number of benzene rings is 2. The van der Waals surface area contributed by atoms with Crippen LogP contribution < -0.4 is 0 Å². The summed E-state index contributed by atoms with van der Waals surface area (Å²) < 4.78 is 143. The molecule has 2 aromatic carbocycles. The lowest BCUT2D eigenvalue weighted by molar-refractivity contribution is -0.143. The Balaban J connectivity index is 1.72. The fourth-order valence-corrected chi connectivity index (χ4v) is 4.99. The van der Waals surface area contributed by atoms with Gasteiger partial charge in [0.2, 0.25) is 15.9 Å². The van der Waals surface area contributed by atoms with E-state index in [0.717, 1.165) is 24.3 Å². The van der Waals surface area contributed by atoms with E-state index in [1.165, 1.54) is 4.90 Å². The second kappa shape index (κ2) is 9.57. The standard InChI is InChI=1S/C21H17F9N2O3S/c22-19(23,24)14-3-1-13(2-4-14)9-18(33)31-5-7-32(8-6-31)36(34,35)17-11-15(20(25,26)27)10-16(12-17)21(28,29)30/h1-4,10-12H,5-9H2. The van der Waals surface area contributed by atoms with Crippen LogP contribution in [-0.4, -0.2) is 49.7 Å². The quantitative estimate of drug-likeness (QED) is 0.515. The molecular formula is C21H17F9N2O3S. The average Bonchev–Trinajstić information content (AvgIpc) is 2.77. The van der Waals surface area contributed by atoms with Crippen molar-refractivity contribution in [2.75, 3.05) is 26.2 Å². The predicted molar refractivity (Wildman–Crippen MR) is 107 cm³/mol. The highest BCUT2D eigenvalue weighted by Gasteiger charge is 2.40. The predicted octanol–water partition coefficient (Wildman–Crippen LogP) is 4.82. The molecule has 36 heavy (non-hydrogen) atoms. The van der Waals surface area contributed by atoms with Crippen LogP contribution in [0.3, 0.4) is 0 Å². The summed E-state index contributed by atoms with van der Waals surface area (Å²) in [6.45, 7) is -1.25. The van der Waals surface area contributed by atoms with E-state index >= 15 is 0 Å². The van der Waals surface area contributed by atoms with Gasteiger partial charge in [0.05, 0.1) is 28.0 Å². The molecule has 0 aliphatic carbocycles. The summed E-state index contributed by atoms with van der Waals surface area (Å²) in [6, 6.07) is 3.89. The third-order valence-electron chi connectivity index (χ3n) is 5.43. The first-order chi connectivity index (χ1) is 16.4. The molecule has 1 amide bonds. The van der Waals surface area contributed by atoms with Gasteiger partial charge in [-0.05, 0) is 35.9 Å². The van der Waals surface area contributed by atoms with E-state index in [4.69, 9.17) is 0 Å². The lowest BCUT2D eigenvalue weighted by Crippen LogP contribution is -2.50. The number of nitrogens with zero attached hydrogens (tertiary/aromatic N) is 2. The summed E-state index contributed by atoms with van der Waals surface area (Å²) in [6.07, 6.45) is -15.3. The van der Waals surface area contributed by atoms with Crippen molar-refractivity contribution in [1.29, 1.82) is 0 Å². The first-order valence-corrected chi connectivity index (χ1v) is 11.6. The van der Waals surface area contributed by atoms with Gasteiger partial charge >= 0.3 is 18.5 Å². The molecule has 0 N–H and O–H groups in total. The van der Waals surface area contributed by atoms with Crippen LogP contribution in [0.4, 0.5) is 39.5 Å². The number of sulfonamides is 1. The molecule has 0 radical (unpaired) electrons. The van der Waals surface area contributed by atoms with Gasteiger partial charge in [0, 0.05) is 26.2 Å². The molecule has 0 bridgehead atoms. The van der Waals surface area contributed by atoms with E-state index < -0.39 is 69.1 Å². The van der Waals surface area contributed by atoms with E-state index in [1.54, 1.807) is 0 Å². The highest BCUT2D eigenvalue weighted by Crippen LogP contribution is 2.38. The van der Waals surface area contributed by atoms with E-state index in [-0.39, 0.29) is 43.3 Å².